The molecule has 2 aromatic rings. The molecule has 2 unspecified atom stereocenters. The van der Waals surface area contributed by atoms with Crippen LogP contribution < -0.4 is 5.32 Å². The molecule has 0 aliphatic heterocycles. The molecule has 0 spiro atoms. The summed E-state index contributed by atoms with van der Waals surface area (Å²) in [6.07, 6.45) is 2.07. The predicted molar refractivity (Wildman–Crippen MR) is 70.5 cm³/mol. The standard InChI is InChI=1S/C13H15N3O4/c1-7-3-4-16-6-9(14-10(16)5-7)12(18)15-11(8(2)17)13(19)20/h3-6,8,11,17H,1-2H3,(H,15,18)(H,19,20). The Morgan fingerprint density at radius 2 is 2.15 bits per heavy atom. The Morgan fingerprint density at radius 3 is 2.75 bits per heavy atom. The number of carboxylic acid groups (broad SMARTS) is 1. The number of pyridine rings is 1. The van der Waals surface area contributed by atoms with Gasteiger partial charge in [-0.1, -0.05) is 0 Å². The van der Waals surface area contributed by atoms with Crippen LogP contribution in [0, 0.1) is 6.92 Å². The third-order valence-electron chi connectivity index (χ3n) is 2.88. The Labute approximate surface area is 114 Å². The quantitative estimate of drug-likeness (QED) is 0.741. The van der Waals surface area contributed by atoms with Crippen LogP contribution in [0.1, 0.15) is 23.0 Å². The highest BCUT2D eigenvalue weighted by molar-refractivity contribution is 5.95. The monoisotopic (exact) mass is 277 g/mol. The van der Waals surface area contributed by atoms with Gasteiger partial charge in [0.15, 0.2) is 6.04 Å². The van der Waals surface area contributed by atoms with Crippen molar-refractivity contribution in [2.45, 2.75) is 26.0 Å². The molecule has 0 fully saturated rings. The zero-order chi connectivity index (χ0) is 14.9. The van der Waals surface area contributed by atoms with E-state index >= 15 is 0 Å². The number of carbonyl (C=O) groups is 2. The summed E-state index contributed by atoms with van der Waals surface area (Å²) in [6, 6.07) is 2.31. The first-order chi connectivity index (χ1) is 9.38. The molecule has 0 aromatic carbocycles. The lowest BCUT2D eigenvalue weighted by Crippen LogP contribution is -2.47. The van der Waals surface area contributed by atoms with Crippen molar-refractivity contribution in [3.8, 4) is 0 Å². The number of aromatic nitrogens is 2. The second-order valence-corrected chi connectivity index (χ2v) is 4.63. The molecule has 2 heterocycles. The van der Waals surface area contributed by atoms with E-state index in [0.29, 0.717) is 5.65 Å². The lowest BCUT2D eigenvalue weighted by molar-refractivity contribution is -0.141. The maximum atomic E-state index is 12.0. The second-order valence-electron chi connectivity index (χ2n) is 4.63. The third-order valence-corrected chi connectivity index (χ3v) is 2.88. The summed E-state index contributed by atoms with van der Waals surface area (Å²) < 4.78 is 1.67. The lowest BCUT2D eigenvalue weighted by atomic mass is 10.2. The lowest BCUT2D eigenvalue weighted by Gasteiger charge is -2.15. The van der Waals surface area contributed by atoms with Crippen LogP contribution in [-0.2, 0) is 4.79 Å². The predicted octanol–water partition coefficient (Wildman–Crippen LogP) is 0.207. The molecule has 0 saturated carbocycles. The van der Waals surface area contributed by atoms with E-state index in [4.69, 9.17) is 5.11 Å². The van der Waals surface area contributed by atoms with Crippen molar-refractivity contribution >= 4 is 17.5 Å². The van der Waals surface area contributed by atoms with E-state index in [-0.39, 0.29) is 5.69 Å². The third kappa shape index (κ3) is 2.77. The zero-order valence-electron chi connectivity index (χ0n) is 11.1. The molecular weight excluding hydrogens is 262 g/mol. The van der Waals surface area contributed by atoms with E-state index in [1.54, 1.807) is 16.7 Å². The minimum absolute atomic E-state index is 0.0995. The summed E-state index contributed by atoms with van der Waals surface area (Å²) in [5, 5.41) is 20.5. The number of fused-ring (bicyclic) bond motifs is 1. The Hall–Kier alpha value is -2.41. The van der Waals surface area contributed by atoms with Crippen LogP contribution in [0.3, 0.4) is 0 Å². The highest BCUT2D eigenvalue weighted by Crippen LogP contribution is 2.08. The maximum Gasteiger partial charge on any atom is 0.328 e. The maximum absolute atomic E-state index is 12.0. The van der Waals surface area contributed by atoms with Gasteiger partial charge in [0, 0.05) is 12.4 Å². The molecule has 0 saturated heterocycles. The molecule has 20 heavy (non-hydrogen) atoms. The SMILES string of the molecule is Cc1ccn2cc(C(=O)NC(C(=O)O)C(C)O)nc2c1. The zero-order valence-corrected chi connectivity index (χ0v) is 11.1. The van der Waals surface area contributed by atoms with Gasteiger partial charge >= 0.3 is 5.97 Å². The van der Waals surface area contributed by atoms with E-state index in [0.717, 1.165) is 5.56 Å². The van der Waals surface area contributed by atoms with Crippen molar-refractivity contribution in [2.75, 3.05) is 0 Å². The van der Waals surface area contributed by atoms with Crippen molar-refractivity contribution in [3.05, 3.63) is 35.8 Å². The van der Waals surface area contributed by atoms with Crippen LogP contribution in [0.15, 0.2) is 24.5 Å². The number of nitrogens with one attached hydrogen (secondary N) is 1. The minimum Gasteiger partial charge on any atom is -0.480 e. The minimum atomic E-state index is -1.37. The number of amides is 1. The van der Waals surface area contributed by atoms with Gasteiger partial charge in [-0.05, 0) is 31.5 Å². The number of rotatable bonds is 4. The number of carboxylic acids is 1. The van der Waals surface area contributed by atoms with Gasteiger partial charge in [0.25, 0.3) is 5.91 Å². The van der Waals surface area contributed by atoms with Crippen LogP contribution in [0.5, 0.6) is 0 Å². The van der Waals surface area contributed by atoms with Crippen molar-refractivity contribution in [1.29, 1.82) is 0 Å². The molecule has 0 aliphatic rings. The van der Waals surface area contributed by atoms with E-state index in [9.17, 15) is 14.7 Å². The normalized spacial score (nSPS) is 13.9. The first-order valence-corrected chi connectivity index (χ1v) is 6.05. The van der Waals surface area contributed by atoms with Crippen LogP contribution in [0.4, 0.5) is 0 Å². The molecule has 0 bridgehead atoms. The van der Waals surface area contributed by atoms with Crippen LogP contribution in [0.2, 0.25) is 0 Å². The fraction of sp³-hybridized carbons (Fsp3) is 0.308. The van der Waals surface area contributed by atoms with Gasteiger partial charge in [-0.25, -0.2) is 9.78 Å². The molecule has 106 valence electrons. The largest absolute Gasteiger partial charge is 0.480 e. The summed E-state index contributed by atoms with van der Waals surface area (Å²) in [5.41, 5.74) is 1.70. The molecule has 0 aliphatic carbocycles. The first-order valence-electron chi connectivity index (χ1n) is 6.05. The van der Waals surface area contributed by atoms with Crippen LogP contribution in [0.25, 0.3) is 5.65 Å². The topological polar surface area (TPSA) is 104 Å². The fourth-order valence-corrected chi connectivity index (χ4v) is 1.80. The fourth-order valence-electron chi connectivity index (χ4n) is 1.80. The highest BCUT2D eigenvalue weighted by Gasteiger charge is 2.26. The average molecular weight is 277 g/mol. The number of aliphatic carboxylic acids is 1. The molecule has 3 N–H and O–H groups in total. The van der Waals surface area contributed by atoms with Gasteiger partial charge < -0.3 is 19.9 Å². The van der Waals surface area contributed by atoms with Gasteiger partial charge in [0.05, 0.1) is 6.10 Å². The number of aliphatic hydroxyl groups is 1. The number of hydrogen-bond acceptors (Lipinski definition) is 4. The van der Waals surface area contributed by atoms with E-state index in [2.05, 4.69) is 10.3 Å². The van der Waals surface area contributed by atoms with Crippen molar-refractivity contribution in [1.82, 2.24) is 14.7 Å². The number of aryl methyl sites for hydroxylation is 1. The van der Waals surface area contributed by atoms with E-state index in [1.807, 2.05) is 13.0 Å². The average Bonchev–Trinajstić information content (AvgIpc) is 2.77. The van der Waals surface area contributed by atoms with E-state index < -0.39 is 24.0 Å². The van der Waals surface area contributed by atoms with Gasteiger partial charge in [0.2, 0.25) is 0 Å². The van der Waals surface area contributed by atoms with Gasteiger partial charge in [-0.15, -0.1) is 0 Å². The van der Waals surface area contributed by atoms with Gasteiger partial charge in [-0.2, -0.15) is 0 Å². The molecule has 1 amide bonds. The second kappa shape index (κ2) is 5.30. The van der Waals surface area contributed by atoms with Gasteiger partial charge in [0.1, 0.15) is 11.3 Å². The Morgan fingerprint density at radius 1 is 1.45 bits per heavy atom. The Balaban J connectivity index is 2.25. The highest BCUT2D eigenvalue weighted by atomic mass is 16.4. The molecule has 0 radical (unpaired) electrons. The molecule has 7 heteroatoms. The summed E-state index contributed by atoms with van der Waals surface area (Å²) in [5.74, 6) is -1.94. The van der Waals surface area contributed by atoms with Crippen LogP contribution in [-0.4, -0.2) is 43.6 Å². The van der Waals surface area contributed by atoms with Crippen LogP contribution >= 0.6 is 0 Å². The molecule has 2 aromatic heterocycles. The molecule has 7 nitrogen and oxygen atoms in total. The number of imidazole rings is 1. The number of hydrogen-bond donors (Lipinski definition) is 3. The van der Waals surface area contributed by atoms with Crippen molar-refractivity contribution < 1.29 is 19.8 Å². The summed E-state index contributed by atoms with van der Waals surface area (Å²) >= 11 is 0. The number of nitrogens with zero attached hydrogens (tertiary/aromatic N) is 2. The number of carbonyl (C=O) groups excluding carboxylic acids is 1. The summed E-state index contributed by atoms with van der Waals surface area (Å²) in [4.78, 5) is 27.0. The van der Waals surface area contributed by atoms with Gasteiger partial charge in [-0.3, -0.25) is 4.79 Å². The summed E-state index contributed by atoms with van der Waals surface area (Å²) in [6.45, 7) is 3.20. The molecular formula is C13H15N3O4. The Bertz CT molecular complexity index is 663. The smallest absolute Gasteiger partial charge is 0.328 e. The Kier molecular flexibility index (Phi) is 3.71. The first kappa shape index (κ1) is 14.0. The summed E-state index contributed by atoms with van der Waals surface area (Å²) in [7, 11) is 0. The molecule has 2 atom stereocenters. The molecule has 2 rings (SSSR count). The number of aliphatic hydroxyl groups excluding tert-OH is 1. The van der Waals surface area contributed by atoms with Crippen molar-refractivity contribution in [3.63, 3.8) is 0 Å². The van der Waals surface area contributed by atoms with E-state index in [1.165, 1.54) is 13.1 Å². The van der Waals surface area contributed by atoms with Crippen molar-refractivity contribution in [2.24, 2.45) is 0 Å².